The zero-order valence-corrected chi connectivity index (χ0v) is 18.5. The first-order valence-corrected chi connectivity index (χ1v) is 11.1. The van der Waals surface area contributed by atoms with Crippen LogP contribution in [0.4, 0.5) is 15.9 Å². The van der Waals surface area contributed by atoms with Crippen LogP contribution in [0.15, 0.2) is 30.6 Å². The number of fused-ring (bicyclic) bond motifs is 1. The Labute approximate surface area is 194 Å². The fraction of sp³-hybridized carbons (Fsp3) is 0.364. The summed E-state index contributed by atoms with van der Waals surface area (Å²) in [5.41, 5.74) is 6.69. The first-order valence-electron chi connectivity index (χ1n) is 10.3. The summed E-state index contributed by atoms with van der Waals surface area (Å²) in [5.74, 6) is 0.887. The van der Waals surface area contributed by atoms with E-state index in [1.54, 1.807) is 6.07 Å². The molecule has 0 amide bonds. The molecule has 0 bridgehead atoms. The molecule has 2 aromatic carbocycles. The Bertz CT molecular complexity index is 1150. The van der Waals surface area contributed by atoms with E-state index < -0.39 is 5.82 Å². The highest BCUT2D eigenvalue weighted by Gasteiger charge is 2.29. The predicted molar refractivity (Wildman–Crippen MR) is 121 cm³/mol. The summed E-state index contributed by atoms with van der Waals surface area (Å²) in [6.45, 7) is 1.19. The van der Waals surface area contributed by atoms with Gasteiger partial charge in [-0.05, 0) is 31.0 Å². The molecular formula is C22H21Cl2FN4O3. The molecule has 1 atom stereocenters. The van der Waals surface area contributed by atoms with Gasteiger partial charge >= 0.3 is 0 Å². The molecule has 1 aromatic heterocycles. The van der Waals surface area contributed by atoms with Crippen molar-refractivity contribution in [1.29, 1.82) is 0 Å². The Kier molecular flexibility index (Phi) is 5.94. The molecule has 3 aromatic rings. The fourth-order valence-electron chi connectivity index (χ4n) is 3.77. The van der Waals surface area contributed by atoms with Gasteiger partial charge in [-0.3, -0.25) is 0 Å². The van der Waals surface area contributed by atoms with E-state index in [0.29, 0.717) is 41.4 Å². The Morgan fingerprint density at radius 3 is 2.62 bits per heavy atom. The van der Waals surface area contributed by atoms with Crippen molar-refractivity contribution in [3.05, 3.63) is 46.5 Å². The number of hydrogen-bond donors (Lipinski definition) is 2. The first kappa shape index (κ1) is 21.5. The number of hydrogen-bond acceptors (Lipinski definition) is 7. The minimum Gasteiger partial charge on any atom is -0.486 e. The monoisotopic (exact) mass is 478 g/mol. The summed E-state index contributed by atoms with van der Waals surface area (Å²) in [6.07, 6.45) is 3.71. The van der Waals surface area contributed by atoms with Crippen molar-refractivity contribution in [3.63, 3.8) is 0 Å². The number of anilines is 2. The van der Waals surface area contributed by atoms with Gasteiger partial charge in [0, 0.05) is 23.9 Å². The van der Waals surface area contributed by atoms with Crippen LogP contribution >= 0.6 is 23.2 Å². The number of rotatable bonds is 6. The summed E-state index contributed by atoms with van der Waals surface area (Å²) in [6, 6.07) is 6.78. The Hall–Kier alpha value is -2.39. The van der Waals surface area contributed by atoms with Gasteiger partial charge < -0.3 is 25.3 Å². The lowest BCUT2D eigenvalue weighted by molar-refractivity contribution is 0.0901. The molecule has 32 heavy (non-hydrogen) atoms. The van der Waals surface area contributed by atoms with Crippen molar-refractivity contribution in [2.24, 2.45) is 5.73 Å². The predicted octanol–water partition coefficient (Wildman–Crippen LogP) is 4.86. The summed E-state index contributed by atoms with van der Waals surface area (Å²) >= 11 is 11.8. The number of ether oxygens (including phenoxy) is 3. The Balaban J connectivity index is 1.52. The maximum absolute atomic E-state index is 14.6. The van der Waals surface area contributed by atoms with Gasteiger partial charge in [-0.25, -0.2) is 14.4 Å². The van der Waals surface area contributed by atoms with Crippen LogP contribution in [0, 0.1) is 5.82 Å². The van der Waals surface area contributed by atoms with Gasteiger partial charge in [0.1, 0.15) is 24.4 Å². The van der Waals surface area contributed by atoms with Gasteiger partial charge in [-0.1, -0.05) is 23.2 Å². The van der Waals surface area contributed by atoms with Crippen LogP contribution in [0.25, 0.3) is 10.9 Å². The quantitative estimate of drug-likeness (QED) is 0.488. The third-order valence-corrected chi connectivity index (χ3v) is 6.38. The molecule has 10 heteroatoms. The largest absolute Gasteiger partial charge is 0.486 e. The molecule has 1 aliphatic carbocycles. The van der Waals surface area contributed by atoms with E-state index >= 15 is 0 Å². The number of aromatic nitrogens is 2. The van der Waals surface area contributed by atoms with Crippen LogP contribution < -0.4 is 20.5 Å². The Morgan fingerprint density at radius 2 is 1.88 bits per heavy atom. The highest BCUT2D eigenvalue weighted by atomic mass is 35.5. The van der Waals surface area contributed by atoms with Crippen molar-refractivity contribution < 1.29 is 18.6 Å². The van der Waals surface area contributed by atoms with E-state index in [0.717, 1.165) is 19.3 Å². The van der Waals surface area contributed by atoms with E-state index in [2.05, 4.69) is 15.3 Å². The van der Waals surface area contributed by atoms with Crippen molar-refractivity contribution in [3.8, 4) is 11.5 Å². The molecular weight excluding hydrogens is 458 g/mol. The number of halogens is 3. The van der Waals surface area contributed by atoms with Crippen LogP contribution in [0.3, 0.4) is 0 Å². The van der Waals surface area contributed by atoms with Gasteiger partial charge in [0.05, 0.1) is 34.5 Å². The van der Waals surface area contributed by atoms with Crippen LogP contribution in [0.5, 0.6) is 11.5 Å². The molecule has 0 spiro atoms. The van der Waals surface area contributed by atoms with Gasteiger partial charge in [-0.15, -0.1) is 0 Å². The van der Waals surface area contributed by atoms with E-state index in [1.807, 2.05) is 6.07 Å². The number of nitrogens with two attached hydrogens (primary N) is 1. The van der Waals surface area contributed by atoms with Gasteiger partial charge in [-0.2, -0.15) is 0 Å². The molecule has 1 saturated carbocycles. The normalized spacial score (nSPS) is 22.6. The second kappa shape index (κ2) is 8.86. The molecule has 2 fully saturated rings. The molecule has 0 radical (unpaired) electrons. The molecule has 2 heterocycles. The number of nitrogens with zero attached hydrogens (tertiary/aromatic N) is 2. The third-order valence-electron chi connectivity index (χ3n) is 5.60. The molecule has 7 nitrogen and oxygen atoms in total. The van der Waals surface area contributed by atoms with Crippen molar-refractivity contribution in [2.45, 2.75) is 37.5 Å². The molecule has 0 unspecified atom stereocenters. The average Bonchev–Trinajstić information content (AvgIpc) is 3.27. The van der Waals surface area contributed by atoms with Crippen LogP contribution in [0.1, 0.15) is 19.3 Å². The highest BCUT2D eigenvalue weighted by Crippen LogP contribution is 2.39. The third kappa shape index (κ3) is 4.28. The van der Waals surface area contributed by atoms with E-state index in [9.17, 15) is 4.39 Å². The van der Waals surface area contributed by atoms with Gasteiger partial charge in [0.2, 0.25) is 0 Å². The smallest absolute Gasteiger partial charge is 0.166 e. The highest BCUT2D eigenvalue weighted by molar-refractivity contribution is 6.42. The lowest BCUT2D eigenvalue weighted by Crippen LogP contribution is -2.43. The van der Waals surface area contributed by atoms with Crippen LogP contribution in [0.2, 0.25) is 10.0 Å². The van der Waals surface area contributed by atoms with Crippen LogP contribution in [-0.2, 0) is 4.74 Å². The lowest BCUT2D eigenvalue weighted by atomic mass is 9.90. The van der Waals surface area contributed by atoms with Gasteiger partial charge in [0.15, 0.2) is 17.3 Å². The van der Waals surface area contributed by atoms with Gasteiger partial charge in [0.25, 0.3) is 0 Å². The SMILES string of the molecule is NC1CC(Oc2cc3c(Nc4ccc(Cl)c(Cl)c4F)ncnc3cc2O[C@H]2CCOC2)C1. The molecule has 168 valence electrons. The summed E-state index contributed by atoms with van der Waals surface area (Å²) in [5, 5.41) is 3.61. The van der Waals surface area contributed by atoms with Crippen molar-refractivity contribution >= 4 is 45.6 Å². The molecule has 1 aliphatic heterocycles. The zero-order valence-electron chi connectivity index (χ0n) is 17.0. The maximum atomic E-state index is 14.6. The standard InChI is InChI=1S/C22H21Cl2FN4O3/c23-15-1-2-16(21(25)20(15)24)29-22-14-7-18(32-13-5-11(26)6-13)19(8-17(14)27-10-28-22)31-12-3-4-30-9-12/h1-2,7-8,10-13H,3-6,9,26H2,(H,27,28,29)/t11?,12-,13?/m0/s1. The minimum atomic E-state index is -0.660. The first-order chi connectivity index (χ1) is 15.5. The molecule has 1 saturated heterocycles. The van der Waals surface area contributed by atoms with Crippen LogP contribution in [-0.4, -0.2) is 41.4 Å². The lowest BCUT2D eigenvalue weighted by Gasteiger charge is -2.33. The molecule has 3 N–H and O–H groups in total. The molecule has 5 rings (SSSR count). The molecule has 2 aliphatic rings. The fourth-order valence-corrected chi connectivity index (χ4v) is 4.08. The second-order valence-corrected chi connectivity index (χ2v) is 8.75. The average molecular weight is 479 g/mol. The minimum absolute atomic E-state index is 0.0122. The number of benzene rings is 2. The van der Waals surface area contributed by atoms with Crippen molar-refractivity contribution in [2.75, 3.05) is 18.5 Å². The summed E-state index contributed by atoms with van der Waals surface area (Å²) < 4.78 is 32.4. The number of nitrogens with one attached hydrogen (secondary N) is 1. The zero-order chi connectivity index (χ0) is 22.2. The maximum Gasteiger partial charge on any atom is 0.166 e. The summed E-state index contributed by atoms with van der Waals surface area (Å²) in [7, 11) is 0. The topological polar surface area (TPSA) is 91.5 Å². The second-order valence-electron chi connectivity index (χ2n) is 7.96. The Morgan fingerprint density at radius 1 is 1.09 bits per heavy atom. The van der Waals surface area contributed by atoms with E-state index in [-0.39, 0.29) is 34.0 Å². The summed E-state index contributed by atoms with van der Waals surface area (Å²) in [4.78, 5) is 8.65. The van der Waals surface area contributed by atoms with E-state index in [1.165, 1.54) is 18.5 Å². The van der Waals surface area contributed by atoms with Crippen molar-refractivity contribution in [1.82, 2.24) is 9.97 Å². The van der Waals surface area contributed by atoms with E-state index in [4.69, 9.17) is 43.1 Å².